The van der Waals surface area contributed by atoms with Gasteiger partial charge in [0.15, 0.2) is 16.5 Å². The molecule has 0 radical (unpaired) electrons. The highest BCUT2D eigenvalue weighted by molar-refractivity contribution is 7.15. The fourth-order valence-electron chi connectivity index (χ4n) is 2.50. The molecule has 0 aliphatic heterocycles. The van der Waals surface area contributed by atoms with Gasteiger partial charge in [-0.15, -0.1) is 11.3 Å². The van der Waals surface area contributed by atoms with Gasteiger partial charge in [0.05, 0.1) is 6.26 Å². The number of oxazole rings is 1. The monoisotopic (exact) mass is 380 g/mol. The molecule has 0 fully saturated rings. The number of esters is 1. The van der Waals surface area contributed by atoms with Crippen LogP contribution in [0, 0.1) is 13.8 Å². The molecule has 7 heteroatoms. The van der Waals surface area contributed by atoms with Gasteiger partial charge in [-0.05, 0) is 38.1 Å². The molecule has 0 amide bonds. The molecule has 1 aromatic carbocycles. The molecule has 0 spiro atoms. The van der Waals surface area contributed by atoms with E-state index in [0.29, 0.717) is 22.4 Å². The lowest BCUT2D eigenvalue weighted by Gasteiger charge is -2.00. The zero-order chi connectivity index (χ0) is 18.8. The molecule has 136 valence electrons. The van der Waals surface area contributed by atoms with Gasteiger partial charge in [-0.25, -0.2) is 14.8 Å². The lowest BCUT2D eigenvalue weighted by atomic mass is 10.1. The molecule has 0 unspecified atom stereocenters. The maximum atomic E-state index is 12.4. The molecule has 0 aliphatic carbocycles. The summed E-state index contributed by atoms with van der Waals surface area (Å²) in [6.07, 6.45) is 3.06. The number of carbonyl (C=O) groups excluding carboxylic acids is 1. The van der Waals surface area contributed by atoms with Crippen LogP contribution in [0.3, 0.4) is 0 Å². The van der Waals surface area contributed by atoms with E-state index >= 15 is 0 Å². The Morgan fingerprint density at radius 3 is 2.67 bits per heavy atom. The van der Waals surface area contributed by atoms with Gasteiger partial charge in [0.1, 0.15) is 18.6 Å². The van der Waals surface area contributed by atoms with Gasteiger partial charge < -0.3 is 13.6 Å². The Labute approximate surface area is 159 Å². The molecule has 0 atom stereocenters. The Morgan fingerprint density at radius 2 is 1.93 bits per heavy atom. The summed E-state index contributed by atoms with van der Waals surface area (Å²) in [6.45, 7) is 3.86. The van der Waals surface area contributed by atoms with Crippen LogP contribution in [-0.4, -0.2) is 15.9 Å². The van der Waals surface area contributed by atoms with Crippen molar-refractivity contribution < 1.29 is 18.4 Å². The number of furan rings is 1. The Bertz CT molecular complexity index is 1060. The Morgan fingerprint density at radius 1 is 1.11 bits per heavy atom. The average molecular weight is 380 g/mol. The quantitative estimate of drug-likeness (QED) is 0.452. The van der Waals surface area contributed by atoms with Crippen molar-refractivity contribution in [2.45, 2.75) is 20.5 Å². The Balaban J connectivity index is 1.43. The Hall–Kier alpha value is -3.19. The highest BCUT2D eigenvalue weighted by Gasteiger charge is 2.19. The van der Waals surface area contributed by atoms with Crippen molar-refractivity contribution in [2.75, 3.05) is 0 Å². The number of rotatable bonds is 5. The Kier molecular flexibility index (Phi) is 4.60. The van der Waals surface area contributed by atoms with Crippen LogP contribution >= 0.6 is 11.3 Å². The smallest absolute Gasteiger partial charge is 0.358 e. The van der Waals surface area contributed by atoms with E-state index in [9.17, 15) is 4.79 Å². The fraction of sp³-hybridized carbons (Fsp3) is 0.150. The molecule has 3 heterocycles. The molecular weight excluding hydrogens is 364 g/mol. The first-order chi connectivity index (χ1) is 13.1. The lowest BCUT2D eigenvalue weighted by Crippen LogP contribution is -2.07. The molecule has 0 bridgehead atoms. The van der Waals surface area contributed by atoms with Gasteiger partial charge in [0, 0.05) is 10.4 Å². The minimum Gasteiger partial charge on any atom is -0.462 e. The highest BCUT2D eigenvalue weighted by atomic mass is 32.1. The van der Waals surface area contributed by atoms with E-state index in [4.69, 9.17) is 13.6 Å². The van der Waals surface area contributed by atoms with E-state index in [0.717, 1.165) is 16.0 Å². The molecular formula is C20H16N2O4S. The van der Waals surface area contributed by atoms with Gasteiger partial charge in [-0.1, -0.05) is 17.7 Å². The fourth-order valence-corrected chi connectivity index (χ4v) is 3.37. The molecule has 3 aromatic heterocycles. The summed E-state index contributed by atoms with van der Waals surface area (Å²) in [5, 5.41) is 0.646. The van der Waals surface area contributed by atoms with Crippen LogP contribution in [0.2, 0.25) is 0 Å². The van der Waals surface area contributed by atoms with Crippen molar-refractivity contribution in [3.63, 3.8) is 0 Å². The van der Waals surface area contributed by atoms with E-state index < -0.39 is 5.97 Å². The minimum atomic E-state index is -0.499. The van der Waals surface area contributed by atoms with Crippen molar-refractivity contribution in [1.29, 1.82) is 0 Å². The number of nitrogens with zero attached hydrogens (tertiary/aromatic N) is 2. The first-order valence-corrected chi connectivity index (χ1v) is 9.11. The number of benzene rings is 1. The van der Waals surface area contributed by atoms with E-state index in [1.54, 1.807) is 18.4 Å². The number of thiazole rings is 1. The van der Waals surface area contributed by atoms with Crippen molar-refractivity contribution in [3.05, 3.63) is 70.8 Å². The predicted molar refractivity (Wildman–Crippen MR) is 100 cm³/mol. The number of hydrogen-bond donors (Lipinski definition) is 0. The van der Waals surface area contributed by atoms with Crippen LogP contribution in [0.5, 0.6) is 0 Å². The molecule has 6 nitrogen and oxygen atoms in total. The first kappa shape index (κ1) is 17.2. The van der Waals surface area contributed by atoms with Crippen molar-refractivity contribution in [2.24, 2.45) is 0 Å². The predicted octanol–water partition coefficient (Wildman–Crippen LogP) is 5.03. The van der Waals surface area contributed by atoms with Gasteiger partial charge in [-0.2, -0.15) is 0 Å². The summed E-state index contributed by atoms with van der Waals surface area (Å²) in [5.74, 6) is 0.619. The third kappa shape index (κ3) is 3.68. The van der Waals surface area contributed by atoms with Crippen molar-refractivity contribution in [3.8, 4) is 22.2 Å². The zero-order valence-corrected chi connectivity index (χ0v) is 15.6. The van der Waals surface area contributed by atoms with Crippen LogP contribution in [0.15, 0.2) is 57.8 Å². The third-order valence-corrected chi connectivity index (χ3v) is 4.91. The standard InChI is InChI=1S/C20H16N2O4S/c1-12-5-7-14(8-6-12)18-21-15(10-25-18)11-26-20(23)17-13(2)27-19(22-17)16-4-3-9-24-16/h3-10H,11H2,1-2H3. The average Bonchev–Trinajstić information content (AvgIpc) is 3.41. The second kappa shape index (κ2) is 7.20. The van der Waals surface area contributed by atoms with E-state index in [1.165, 1.54) is 17.6 Å². The number of ether oxygens (including phenoxy) is 1. The van der Waals surface area contributed by atoms with E-state index in [1.807, 2.05) is 38.1 Å². The summed E-state index contributed by atoms with van der Waals surface area (Å²) >= 11 is 1.38. The highest BCUT2D eigenvalue weighted by Crippen LogP contribution is 2.28. The molecule has 0 saturated heterocycles. The third-order valence-electron chi connectivity index (χ3n) is 3.92. The summed E-state index contributed by atoms with van der Waals surface area (Å²) in [4.78, 5) is 21.8. The molecule has 0 N–H and O–H groups in total. The first-order valence-electron chi connectivity index (χ1n) is 8.30. The lowest BCUT2D eigenvalue weighted by molar-refractivity contribution is 0.0461. The second-order valence-corrected chi connectivity index (χ2v) is 7.19. The number of carbonyl (C=O) groups is 1. The molecule has 4 aromatic rings. The van der Waals surface area contributed by atoms with Crippen LogP contribution in [0.25, 0.3) is 22.2 Å². The minimum absolute atomic E-state index is 0.0151. The van der Waals surface area contributed by atoms with Crippen LogP contribution in [0.1, 0.15) is 26.6 Å². The van der Waals surface area contributed by atoms with Crippen LogP contribution in [0.4, 0.5) is 0 Å². The summed E-state index contributed by atoms with van der Waals surface area (Å²) in [6, 6.07) is 11.4. The summed E-state index contributed by atoms with van der Waals surface area (Å²) < 4.78 is 16.1. The largest absolute Gasteiger partial charge is 0.462 e. The molecule has 27 heavy (non-hydrogen) atoms. The van der Waals surface area contributed by atoms with Gasteiger partial charge in [0.2, 0.25) is 5.89 Å². The second-order valence-electron chi connectivity index (χ2n) is 5.99. The molecule has 0 saturated carbocycles. The van der Waals surface area contributed by atoms with Gasteiger partial charge in [-0.3, -0.25) is 0 Å². The molecule has 0 aliphatic rings. The van der Waals surface area contributed by atoms with Crippen molar-refractivity contribution >= 4 is 17.3 Å². The zero-order valence-electron chi connectivity index (χ0n) is 14.8. The maximum Gasteiger partial charge on any atom is 0.358 e. The van der Waals surface area contributed by atoms with Crippen molar-refractivity contribution in [1.82, 2.24) is 9.97 Å². The maximum absolute atomic E-state index is 12.4. The summed E-state index contributed by atoms with van der Waals surface area (Å²) in [7, 11) is 0. The SMILES string of the molecule is Cc1ccc(-c2nc(COC(=O)c3nc(-c4ccco4)sc3C)co2)cc1. The van der Waals surface area contributed by atoms with Gasteiger partial charge >= 0.3 is 5.97 Å². The van der Waals surface area contributed by atoms with Gasteiger partial charge in [0.25, 0.3) is 0 Å². The van der Waals surface area contributed by atoms with Crippen LogP contribution in [-0.2, 0) is 11.3 Å². The van der Waals surface area contributed by atoms with Crippen LogP contribution < -0.4 is 0 Å². The topological polar surface area (TPSA) is 78.4 Å². The van der Waals surface area contributed by atoms with E-state index in [2.05, 4.69) is 9.97 Å². The normalized spacial score (nSPS) is 10.9. The molecule has 4 rings (SSSR count). The number of hydrogen-bond acceptors (Lipinski definition) is 7. The van der Waals surface area contributed by atoms with E-state index in [-0.39, 0.29) is 12.3 Å². The number of aromatic nitrogens is 2. The summed E-state index contributed by atoms with van der Waals surface area (Å²) in [5.41, 5.74) is 2.86. The number of aryl methyl sites for hydroxylation is 2.